The first-order valence-corrected chi connectivity index (χ1v) is 9.42. The number of aromatic nitrogens is 3. The normalized spacial score (nSPS) is 12.0. The van der Waals surface area contributed by atoms with Crippen LogP contribution in [-0.2, 0) is 11.3 Å². The molecule has 1 atom stereocenters. The van der Waals surface area contributed by atoms with Crippen molar-refractivity contribution >= 4 is 40.0 Å². The maximum Gasteiger partial charge on any atom is 0.240 e. The van der Waals surface area contributed by atoms with E-state index in [2.05, 4.69) is 26.0 Å². The molecule has 0 aliphatic heterocycles. The van der Waals surface area contributed by atoms with E-state index < -0.39 is 0 Å². The van der Waals surface area contributed by atoms with E-state index in [1.165, 1.54) is 35.2 Å². The quantitative estimate of drug-likeness (QED) is 0.591. The predicted octanol–water partition coefficient (Wildman–Crippen LogP) is 3.71. The molecule has 0 saturated heterocycles. The van der Waals surface area contributed by atoms with Crippen molar-refractivity contribution in [3.05, 3.63) is 47.4 Å². The minimum absolute atomic E-state index is 0.206. The smallest absolute Gasteiger partial charge is 0.240 e. The van der Waals surface area contributed by atoms with Crippen molar-refractivity contribution in [3.63, 3.8) is 0 Å². The summed E-state index contributed by atoms with van der Waals surface area (Å²) < 4.78 is 18.5. The molecule has 2 aromatic heterocycles. The summed E-state index contributed by atoms with van der Waals surface area (Å²) in [5.74, 6) is -0.155. The standard InChI is InChI=1S/C16H16FN5O2S2/c1-9-7-13(24-22-9)19-14(23)10(2)25-16-21-20-15(26-16)18-8-11-3-5-12(17)6-4-11/h3-7,10H,8H2,1-2H3,(H,18,20)(H,19,23). The number of hydrogen-bond donors (Lipinski definition) is 2. The Hall–Kier alpha value is -2.46. The van der Waals surface area contributed by atoms with E-state index in [0.717, 1.165) is 5.56 Å². The van der Waals surface area contributed by atoms with Gasteiger partial charge in [0.2, 0.25) is 16.9 Å². The molecule has 0 saturated carbocycles. The Bertz CT molecular complexity index is 881. The van der Waals surface area contributed by atoms with E-state index in [-0.39, 0.29) is 17.0 Å². The maximum atomic E-state index is 12.9. The van der Waals surface area contributed by atoms with E-state index in [1.54, 1.807) is 32.0 Å². The number of nitrogens with one attached hydrogen (secondary N) is 2. The van der Waals surface area contributed by atoms with Crippen LogP contribution in [0.25, 0.3) is 0 Å². The van der Waals surface area contributed by atoms with Crippen LogP contribution in [0.1, 0.15) is 18.2 Å². The number of carbonyl (C=O) groups excluding carboxylic acids is 1. The van der Waals surface area contributed by atoms with Crippen molar-refractivity contribution in [2.24, 2.45) is 0 Å². The minimum Gasteiger partial charge on any atom is -0.356 e. The molecule has 136 valence electrons. The van der Waals surface area contributed by atoms with Crippen molar-refractivity contribution in [2.75, 3.05) is 10.6 Å². The van der Waals surface area contributed by atoms with Gasteiger partial charge in [0.1, 0.15) is 5.82 Å². The molecular formula is C16H16FN5O2S2. The fraction of sp³-hybridized carbons (Fsp3) is 0.250. The maximum absolute atomic E-state index is 12.9. The molecule has 1 aromatic carbocycles. The van der Waals surface area contributed by atoms with Gasteiger partial charge in [-0.1, -0.05) is 40.4 Å². The van der Waals surface area contributed by atoms with Gasteiger partial charge < -0.3 is 9.84 Å². The summed E-state index contributed by atoms with van der Waals surface area (Å²) in [4.78, 5) is 12.2. The molecule has 1 amide bonds. The molecule has 7 nitrogen and oxygen atoms in total. The summed E-state index contributed by atoms with van der Waals surface area (Å²) in [5.41, 5.74) is 1.63. The van der Waals surface area contributed by atoms with Crippen molar-refractivity contribution in [3.8, 4) is 0 Å². The molecule has 0 bridgehead atoms. The molecule has 0 fully saturated rings. The van der Waals surface area contributed by atoms with Crippen LogP contribution in [0, 0.1) is 12.7 Å². The molecule has 0 spiro atoms. The first-order chi connectivity index (χ1) is 12.5. The summed E-state index contributed by atoms with van der Waals surface area (Å²) in [7, 11) is 0. The van der Waals surface area contributed by atoms with Gasteiger partial charge >= 0.3 is 0 Å². The highest BCUT2D eigenvalue weighted by Gasteiger charge is 2.18. The van der Waals surface area contributed by atoms with Crippen LogP contribution in [0.3, 0.4) is 0 Å². The zero-order valence-corrected chi connectivity index (χ0v) is 15.7. The Morgan fingerprint density at radius 3 is 2.81 bits per heavy atom. The van der Waals surface area contributed by atoms with E-state index >= 15 is 0 Å². The van der Waals surface area contributed by atoms with Crippen LogP contribution in [0.2, 0.25) is 0 Å². The first-order valence-electron chi connectivity index (χ1n) is 7.72. The van der Waals surface area contributed by atoms with Crippen LogP contribution in [0.5, 0.6) is 0 Å². The van der Waals surface area contributed by atoms with E-state index in [9.17, 15) is 9.18 Å². The lowest BCUT2D eigenvalue weighted by Crippen LogP contribution is -2.22. The number of rotatable bonds is 7. The van der Waals surface area contributed by atoms with Crippen molar-refractivity contribution in [1.29, 1.82) is 0 Å². The Labute approximate surface area is 157 Å². The van der Waals surface area contributed by atoms with Gasteiger partial charge in [-0.15, -0.1) is 10.2 Å². The van der Waals surface area contributed by atoms with Gasteiger partial charge in [-0.2, -0.15) is 0 Å². The zero-order chi connectivity index (χ0) is 18.5. The highest BCUT2D eigenvalue weighted by molar-refractivity contribution is 8.02. The number of halogens is 1. The van der Waals surface area contributed by atoms with E-state index in [1.807, 2.05) is 0 Å². The highest BCUT2D eigenvalue weighted by atomic mass is 32.2. The fourth-order valence-corrected chi connectivity index (χ4v) is 3.85. The third kappa shape index (κ3) is 5.02. The molecule has 2 heterocycles. The zero-order valence-electron chi connectivity index (χ0n) is 14.0. The van der Waals surface area contributed by atoms with E-state index in [0.29, 0.717) is 27.6 Å². The van der Waals surface area contributed by atoms with Gasteiger partial charge in [0, 0.05) is 12.6 Å². The molecule has 3 rings (SSSR count). The van der Waals surface area contributed by atoms with Crippen LogP contribution < -0.4 is 10.6 Å². The minimum atomic E-state index is -0.377. The van der Waals surface area contributed by atoms with Gasteiger partial charge in [0.25, 0.3) is 0 Å². The van der Waals surface area contributed by atoms with E-state index in [4.69, 9.17) is 4.52 Å². The molecule has 3 aromatic rings. The fourth-order valence-electron chi connectivity index (χ4n) is 1.96. The van der Waals surface area contributed by atoms with Gasteiger partial charge in [-0.05, 0) is 31.5 Å². The summed E-state index contributed by atoms with van der Waals surface area (Å²) in [5, 5.41) is 17.9. The number of anilines is 2. The van der Waals surface area contributed by atoms with Gasteiger partial charge in [-0.25, -0.2) is 4.39 Å². The second kappa shape index (κ2) is 8.28. The third-order valence-corrected chi connectivity index (χ3v) is 5.35. The largest absolute Gasteiger partial charge is 0.356 e. The molecule has 0 aliphatic rings. The molecule has 10 heteroatoms. The van der Waals surface area contributed by atoms with Crippen molar-refractivity contribution in [2.45, 2.75) is 30.0 Å². The molecule has 0 aliphatic carbocycles. The second-order valence-electron chi connectivity index (χ2n) is 5.44. The molecular weight excluding hydrogens is 377 g/mol. The van der Waals surface area contributed by atoms with Crippen LogP contribution in [-0.4, -0.2) is 26.5 Å². The summed E-state index contributed by atoms with van der Waals surface area (Å²) in [6.07, 6.45) is 0. The number of hydrogen-bond acceptors (Lipinski definition) is 8. The second-order valence-corrected chi connectivity index (χ2v) is 8.00. The highest BCUT2D eigenvalue weighted by Crippen LogP contribution is 2.29. The SMILES string of the molecule is Cc1cc(NC(=O)C(C)Sc2nnc(NCc3ccc(F)cc3)s2)on1. The molecule has 2 N–H and O–H groups in total. The lowest BCUT2D eigenvalue weighted by Gasteiger charge is -2.07. The number of benzene rings is 1. The molecule has 0 radical (unpaired) electrons. The lowest BCUT2D eigenvalue weighted by molar-refractivity contribution is -0.115. The Morgan fingerprint density at radius 1 is 1.35 bits per heavy atom. The lowest BCUT2D eigenvalue weighted by atomic mass is 10.2. The third-order valence-electron chi connectivity index (χ3n) is 3.28. The molecule has 26 heavy (non-hydrogen) atoms. The average molecular weight is 393 g/mol. The number of thioether (sulfide) groups is 1. The monoisotopic (exact) mass is 393 g/mol. The van der Waals surface area contributed by atoms with Gasteiger partial charge in [0.15, 0.2) is 4.34 Å². The van der Waals surface area contributed by atoms with Gasteiger partial charge in [0.05, 0.1) is 10.9 Å². The Morgan fingerprint density at radius 2 is 2.12 bits per heavy atom. The summed E-state index contributed by atoms with van der Waals surface area (Å²) >= 11 is 2.65. The predicted molar refractivity (Wildman–Crippen MR) is 98.8 cm³/mol. The van der Waals surface area contributed by atoms with Crippen molar-refractivity contribution < 1.29 is 13.7 Å². The van der Waals surface area contributed by atoms with Crippen LogP contribution in [0.4, 0.5) is 15.4 Å². The number of aryl methyl sites for hydroxylation is 1. The number of amides is 1. The molecule has 1 unspecified atom stereocenters. The summed E-state index contributed by atoms with van der Waals surface area (Å²) in [6.45, 7) is 4.07. The van der Waals surface area contributed by atoms with Crippen molar-refractivity contribution in [1.82, 2.24) is 15.4 Å². The number of nitrogens with zero attached hydrogens (tertiary/aromatic N) is 3. The van der Waals surface area contributed by atoms with Crippen LogP contribution >= 0.6 is 23.1 Å². The summed E-state index contributed by atoms with van der Waals surface area (Å²) in [6, 6.07) is 7.88. The topological polar surface area (TPSA) is 92.9 Å². The average Bonchev–Trinajstić information content (AvgIpc) is 3.23. The Kier molecular flexibility index (Phi) is 5.84. The van der Waals surface area contributed by atoms with Crippen LogP contribution in [0.15, 0.2) is 39.2 Å². The number of carbonyl (C=O) groups is 1. The first kappa shape index (κ1) is 18.3. The Balaban J connectivity index is 1.50. The van der Waals surface area contributed by atoms with Gasteiger partial charge in [-0.3, -0.25) is 10.1 Å².